The van der Waals surface area contributed by atoms with E-state index in [-0.39, 0.29) is 5.91 Å². The minimum absolute atomic E-state index is 0.146. The van der Waals surface area contributed by atoms with Gasteiger partial charge in [0.05, 0.1) is 0 Å². The van der Waals surface area contributed by atoms with E-state index in [0.717, 1.165) is 36.6 Å². The molecule has 2 rings (SSSR count). The van der Waals surface area contributed by atoms with Crippen LogP contribution in [-0.2, 0) is 11.2 Å². The molecule has 92 valence electrons. The number of nitrogens with one attached hydrogen (secondary N) is 1. The zero-order valence-corrected chi connectivity index (χ0v) is 10.1. The highest BCUT2D eigenvalue weighted by Gasteiger charge is 2.20. The summed E-state index contributed by atoms with van der Waals surface area (Å²) in [4.78, 5) is 11.6. The summed E-state index contributed by atoms with van der Waals surface area (Å²) in [6, 6.07) is 7.72. The summed E-state index contributed by atoms with van der Waals surface area (Å²) in [6.07, 6.45) is 5.15. The first-order valence-corrected chi connectivity index (χ1v) is 6.35. The van der Waals surface area contributed by atoms with Crippen molar-refractivity contribution in [1.29, 1.82) is 0 Å². The van der Waals surface area contributed by atoms with Crippen molar-refractivity contribution in [3.8, 4) is 0 Å². The van der Waals surface area contributed by atoms with Gasteiger partial charge in [-0.3, -0.25) is 4.79 Å². The Kier molecular flexibility index (Phi) is 4.02. The summed E-state index contributed by atoms with van der Waals surface area (Å²) in [5.74, 6) is 1.03. The van der Waals surface area contributed by atoms with E-state index in [1.807, 2.05) is 24.3 Å². The number of hydrogen-bond acceptors (Lipinski definition) is 2. The topological polar surface area (TPSA) is 55.1 Å². The Morgan fingerprint density at radius 2 is 2.24 bits per heavy atom. The molecule has 0 unspecified atom stereocenters. The maximum Gasteiger partial charge on any atom is 0.220 e. The number of anilines is 1. The molecule has 3 N–H and O–H groups in total. The highest BCUT2D eigenvalue weighted by Crippen LogP contribution is 2.31. The van der Waals surface area contributed by atoms with Crippen LogP contribution >= 0.6 is 0 Å². The van der Waals surface area contributed by atoms with Gasteiger partial charge in [0.1, 0.15) is 0 Å². The third kappa shape index (κ3) is 4.47. The molecule has 1 aromatic carbocycles. The second kappa shape index (κ2) is 5.71. The van der Waals surface area contributed by atoms with Crippen molar-refractivity contribution in [3.63, 3.8) is 0 Å². The fourth-order valence-electron chi connectivity index (χ4n) is 1.92. The third-order valence-electron chi connectivity index (χ3n) is 3.16. The summed E-state index contributed by atoms with van der Waals surface area (Å²) in [5, 5.41) is 2.97. The van der Waals surface area contributed by atoms with Gasteiger partial charge < -0.3 is 11.1 Å². The zero-order valence-electron chi connectivity index (χ0n) is 10.1. The smallest absolute Gasteiger partial charge is 0.220 e. The maximum atomic E-state index is 11.6. The van der Waals surface area contributed by atoms with E-state index < -0.39 is 0 Å². The molecular weight excluding hydrogens is 212 g/mol. The average molecular weight is 232 g/mol. The normalized spacial score (nSPS) is 14.6. The predicted molar refractivity (Wildman–Crippen MR) is 69.5 cm³/mol. The van der Waals surface area contributed by atoms with Gasteiger partial charge in [-0.25, -0.2) is 0 Å². The highest BCUT2D eigenvalue weighted by molar-refractivity contribution is 5.76. The van der Waals surface area contributed by atoms with Crippen LogP contribution in [0.1, 0.15) is 31.2 Å². The number of nitrogen functional groups attached to an aromatic ring is 1. The molecule has 17 heavy (non-hydrogen) atoms. The number of benzene rings is 1. The van der Waals surface area contributed by atoms with Crippen molar-refractivity contribution >= 4 is 11.6 Å². The molecule has 0 saturated heterocycles. The van der Waals surface area contributed by atoms with E-state index >= 15 is 0 Å². The van der Waals surface area contributed by atoms with Crippen molar-refractivity contribution in [2.24, 2.45) is 5.92 Å². The van der Waals surface area contributed by atoms with E-state index in [1.165, 1.54) is 12.8 Å². The van der Waals surface area contributed by atoms with Crippen LogP contribution in [0.2, 0.25) is 0 Å². The van der Waals surface area contributed by atoms with Crippen molar-refractivity contribution < 1.29 is 4.79 Å². The lowest BCUT2D eigenvalue weighted by Gasteiger charge is -2.05. The summed E-state index contributed by atoms with van der Waals surface area (Å²) in [6.45, 7) is 0.834. The molecule has 1 amide bonds. The van der Waals surface area contributed by atoms with Crippen LogP contribution in [0.25, 0.3) is 0 Å². The number of rotatable bonds is 6. The summed E-state index contributed by atoms with van der Waals surface area (Å²) in [7, 11) is 0. The SMILES string of the molecule is Nc1cccc(CCC(=O)NCCC2CC2)c1. The second-order valence-electron chi connectivity index (χ2n) is 4.83. The van der Waals surface area contributed by atoms with Crippen LogP contribution < -0.4 is 11.1 Å². The molecule has 0 bridgehead atoms. The molecular formula is C14H20N2O. The van der Waals surface area contributed by atoms with E-state index in [9.17, 15) is 4.79 Å². The Labute approximate surface area is 102 Å². The minimum atomic E-state index is 0.146. The number of carbonyl (C=O) groups is 1. The Morgan fingerprint density at radius 3 is 2.94 bits per heavy atom. The lowest BCUT2D eigenvalue weighted by atomic mass is 10.1. The number of amides is 1. The lowest BCUT2D eigenvalue weighted by Crippen LogP contribution is -2.24. The van der Waals surface area contributed by atoms with Gasteiger partial charge in [0.15, 0.2) is 0 Å². The quantitative estimate of drug-likeness (QED) is 0.738. The molecule has 1 aliphatic carbocycles. The first-order chi connectivity index (χ1) is 8.24. The molecule has 1 aromatic rings. The molecule has 0 heterocycles. The monoisotopic (exact) mass is 232 g/mol. The Bertz CT molecular complexity index is 386. The van der Waals surface area contributed by atoms with Crippen LogP contribution in [-0.4, -0.2) is 12.5 Å². The van der Waals surface area contributed by atoms with Crippen LogP contribution in [0.4, 0.5) is 5.69 Å². The summed E-state index contributed by atoms with van der Waals surface area (Å²) < 4.78 is 0. The van der Waals surface area contributed by atoms with Gasteiger partial charge in [-0.05, 0) is 36.5 Å². The first kappa shape index (κ1) is 12.0. The van der Waals surface area contributed by atoms with Gasteiger partial charge in [-0.2, -0.15) is 0 Å². The van der Waals surface area contributed by atoms with Crippen LogP contribution in [0, 0.1) is 5.92 Å². The molecule has 1 aliphatic rings. The van der Waals surface area contributed by atoms with Gasteiger partial charge in [0.2, 0.25) is 5.91 Å². The largest absolute Gasteiger partial charge is 0.399 e. The number of carbonyl (C=O) groups excluding carboxylic acids is 1. The number of hydrogen-bond donors (Lipinski definition) is 2. The standard InChI is InChI=1S/C14H20N2O/c15-13-3-1-2-12(10-13)6-7-14(17)16-9-8-11-4-5-11/h1-3,10-11H,4-9,15H2,(H,16,17). The lowest BCUT2D eigenvalue weighted by molar-refractivity contribution is -0.121. The van der Waals surface area contributed by atoms with Gasteiger partial charge in [-0.1, -0.05) is 25.0 Å². The number of aryl methyl sites for hydroxylation is 1. The van der Waals surface area contributed by atoms with Gasteiger partial charge >= 0.3 is 0 Å². The molecule has 0 aromatic heterocycles. The van der Waals surface area contributed by atoms with Crippen molar-refractivity contribution in [2.75, 3.05) is 12.3 Å². The van der Waals surface area contributed by atoms with Crippen LogP contribution in [0.15, 0.2) is 24.3 Å². The molecule has 0 spiro atoms. The average Bonchev–Trinajstić information content (AvgIpc) is 3.11. The minimum Gasteiger partial charge on any atom is -0.399 e. The van der Waals surface area contributed by atoms with E-state index in [0.29, 0.717) is 6.42 Å². The Hall–Kier alpha value is -1.51. The first-order valence-electron chi connectivity index (χ1n) is 6.35. The van der Waals surface area contributed by atoms with Gasteiger partial charge in [-0.15, -0.1) is 0 Å². The van der Waals surface area contributed by atoms with E-state index in [1.54, 1.807) is 0 Å². The predicted octanol–water partition coefficient (Wildman–Crippen LogP) is 2.12. The highest BCUT2D eigenvalue weighted by atomic mass is 16.1. The number of nitrogens with two attached hydrogens (primary N) is 1. The molecule has 1 fully saturated rings. The maximum absolute atomic E-state index is 11.6. The fraction of sp³-hybridized carbons (Fsp3) is 0.500. The second-order valence-corrected chi connectivity index (χ2v) is 4.83. The van der Waals surface area contributed by atoms with Crippen LogP contribution in [0.5, 0.6) is 0 Å². The fourth-order valence-corrected chi connectivity index (χ4v) is 1.92. The van der Waals surface area contributed by atoms with E-state index in [2.05, 4.69) is 5.32 Å². The van der Waals surface area contributed by atoms with Crippen molar-refractivity contribution in [2.45, 2.75) is 32.1 Å². The van der Waals surface area contributed by atoms with Crippen molar-refractivity contribution in [1.82, 2.24) is 5.32 Å². The Morgan fingerprint density at radius 1 is 1.41 bits per heavy atom. The third-order valence-corrected chi connectivity index (χ3v) is 3.16. The molecule has 3 nitrogen and oxygen atoms in total. The summed E-state index contributed by atoms with van der Waals surface area (Å²) >= 11 is 0. The summed E-state index contributed by atoms with van der Waals surface area (Å²) in [5.41, 5.74) is 7.57. The van der Waals surface area contributed by atoms with Gasteiger partial charge in [0, 0.05) is 18.7 Å². The molecule has 3 heteroatoms. The van der Waals surface area contributed by atoms with Crippen molar-refractivity contribution in [3.05, 3.63) is 29.8 Å². The molecule has 0 aliphatic heterocycles. The molecule has 1 saturated carbocycles. The van der Waals surface area contributed by atoms with Crippen LogP contribution in [0.3, 0.4) is 0 Å². The van der Waals surface area contributed by atoms with E-state index in [4.69, 9.17) is 5.73 Å². The zero-order chi connectivity index (χ0) is 12.1. The Balaban J connectivity index is 1.64. The molecule has 0 radical (unpaired) electrons. The van der Waals surface area contributed by atoms with Gasteiger partial charge in [0.25, 0.3) is 0 Å². The molecule has 0 atom stereocenters.